The molecule has 0 atom stereocenters. The molecule has 0 unspecified atom stereocenters. The summed E-state index contributed by atoms with van der Waals surface area (Å²) in [6, 6.07) is 16.5. The number of rotatable bonds is 10. The van der Waals surface area contributed by atoms with Crippen molar-refractivity contribution in [2.45, 2.75) is 70.5 Å². The molecule has 0 aliphatic rings. The van der Waals surface area contributed by atoms with Gasteiger partial charge in [0.1, 0.15) is 6.61 Å². The van der Waals surface area contributed by atoms with Crippen molar-refractivity contribution in [1.29, 1.82) is 0 Å². The average Bonchev–Trinajstić information content (AvgIpc) is 2.91. The van der Waals surface area contributed by atoms with Crippen LogP contribution >= 0.6 is 11.6 Å². The normalized spacial score (nSPS) is 13.0. The summed E-state index contributed by atoms with van der Waals surface area (Å²) < 4.78 is 83.5. The quantitative estimate of drug-likeness (QED) is 0.183. The maximum absolute atomic E-state index is 13.1. The number of carbonyl (C=O) groups is 1. The van der Waals surface area contributed by atoms with Crippen LogP contribution in [0.15, 0.2) is 60.7 Å². The van der Waals surface area contributed by atoms with Crippen LogP contribution in [0.25, 0.3) is 17.2 Å². The molecular weight excluding hydrogens is 582 g/mol. The van der Waals surface area contributed by atoms with Gasteiger partial charge >= 0.3 is 12.4 Å². The summed E-state index contributed by atoms with van der Waals surface area (Å²) >= 11 is 6.39. The van der Waals surface area contributed by atoms with E-state index in [-0.39, 0.29) is 18.2 Å². The molecule has 3 rings (SSSR count). The van der Waals surface area contributed by atoms with Crippen LogP contribution in [-0.2, 0) is 21.6 Å². The number of halogens is 7. The summed E-state index contributed by atoms with van der Waals surface area (Å²) in [4.78, 5) is 10.5. The second-order valence-corrected chi connectivity index (χ2v) is 10.6. The number of aliphatic hydroxyl groups is 1. The Balaban J connectivity index is 2.00. The lowest BCUT2D eigenvalue weighted by Gasteiger charge is -2.34. The van der Waals surface area contributed by atoms with Crippen molar-refractivity contribution >= 4 is 24.1 Å². The van der Waals surface area contributed by atoms with Gasteiger partial charge in [-0.1, -0.05) is 80.1 Å². The van der Waals surface area contributed by atoms with Gasteiger partial charge in [0.15, 0.2) is 0 Å². The highest BCUT2D eigenvalue weighted by molar-refractivity contribution is 6.31. The predicted molar refractivity (Wildman–Crippen MR) is 151 cm³/mol. The molecule has 0 bridgehead atoms. The SMILES string of the molecule is CCC(CC)(c1ccc(/C=C/C(O)(C(F)(F)F)C(F)(F)F)c(C)c1)c1ccc(-c2ccc(COC=O)c(Cl)c2)c(C)c1. The third-order valence-electron chi connectivity index (χ3n) is 7.85. The van der Waals surface area contributed by atoms with Crippen LogP contribution in [0.5, 0.6) is 0 Å². The second kappa shape index (κ2) is 12.5. The summed E-state index contributed by atoms with van der Waals surface area (Å²) in [5.74, 6) is 0. The number of ether oxygens (including phenoxy) is 1. The second-order valence-electron chi connectivity index (χ2n) is 10.2. The monoisotopic (exact) mass is 612 g/mol. The Morgan fingerprint density at radius 2 is 1.40 bits per heavy atom. The molecule has 0 aromatic heterocycles. The molecular formula is C32H31ClF6O3. The van der Waals surface area contributed by atoms with Crippen molar-refractivity contribution < 1.29 is 41.0 Å². The molecule has 0 fully saturated rings. The molecule has 3 aromatic rings. The first-order valence-electron chi connectivity index (χ1n) is 13.2. The van der Waals surface area contributed by atoms with Gasteiger partial charge in [0.05, 0.1) is 0 Å². The number of hydrogen-bond acceptors (Lipinski definition) is 3. The van der Waals surface area contributed by atoms with E-state index >= 15 is 0 Å². The highest BCUT2D eigenvalue weighted by Gasteiger charge is 2.68. The first kappa shape index (κ1) is 33.2. The summed E-state index contributed by atoms with van der Waals surface area (Å²) in [5.41, 5.74) is 0.471. The van der Waals surface area contributed by atoms with Crippen LogP contribution < -0.4 is 0 Å². The third-order valence-corrected chi connectivity index (χ3v) is 8.20. The summed E-state index contributed by atoms with van der Waals surface area (Å²) in [7, 11) is 0. The zero-order valence-electron chi connectivity index (χ0n) is 23.5. The number of benzene rings is 3. The van der Waals surface area contributed by atoms with Gasteiger partial charge in [-0.25, -0.2) is 0 Å². The van der Waals surface area contributed by atoms with Crippen LogP contribution in [0.3, 0.4) is 0 Å². The van der Waals surface area contributed by atoms with Crippen molar-refractivity contribution in [1.82, 2.24) is 0 Å². The van der Waals surface area contributed by atoms with Crippen LogP contribution in [0, 0.1) is 13.8 Å². The Kier molecular flexibility index (Phi) is 9.89. The van der Waals surface area contributed by atoms with Gasteiger partial charge in [0, 0.05) is 16.0 Å². The van der Waals surface area contributed by atoms with Gasteiger partial charge in [0.25, 0.3) is 12.1 Å². The molecule has 3 nitrogen and oxygen atoms in total. The zero-order valence-corrected chi connectivity index (χ0v) is 24.2. The molecule has 0 heterocycles. The fraction of sp³-hybridized carbons (Fsp3) is 0.344. The van der Waals surface area contributed by atoms with E-state index in [1.54, 1.807) is 31.2 Å². The van der Waals surface area contributed by atoms with Crippen LogP contribution in [0.2, 0.25) is 5.02 Å². The molecule has 0 radical (unpaired) electrons. The van der Waals surface area contributed by atoms with Gasteiger partial charge in [-0.3, -0.25) is 4.79 Å². The summed E-state index contributed by atoms with van der Waals surface area (Å²) in [6.07, 6.45) is -10.1. The number of aryl methyl sites for hydroxylation is 2. The molecule has 226 valence electrons. The molecule has 0 saturated heterocycles. The fourth-order valence-corrected chi connectivity index (χ4v) is 5.43. The standard InChI is InChI=1S/C32H31ClF6O3/c1-5-29(6-2,25-10-9-22(20(3)15-25)13-14-30(41,31(34,35)36)32(37,38)39)26-11-12-27(21(4)16-26)23-7-8-24(18-42-19-40)28(33)17-23/h7-17,19,41H,5-6,18H2,1-4H3/b14-13+. The van der Waals surface area contributed by atoms with Gasteiger partial charge in [-0.2, -0.15) is 26.3 Å². The molecule has 42 heavy (non-hydrogen) atoms. The van der Waals surface area contributed by atoms with E-state index in [0.29, 0.717) is 41.5 Å². The molecule has 0 spiro atoms. The molecule has 0 saturated carbocycles. The minimum atomic E-state index is -5.93. The number of carbonyl (C=O) groups excluding carboxylic acids is 1. The Hall–Kier alpha value is -3.30. The molecule has 1 N–H and O–H groups in total. The largest absolute Gasteiger partial charge is 0.463 e. The maximum Gasteiger partial charge on any atom is 0.430 e. The molecule has 0 aliphatic heterocycles. The van der Waals surface area contributed by atoms with Crippen LogP contribution in [0.1, 0.15) is 60.1 Å². The summed E-state index contributed by atoms with van der Waals surface area (Å²) in [5, 5.41) is 9.94. The smallest absolute Gasteiger partial charge is 0.430 e. The van der Waals surface area contributed by atoms with Gasteiger partial charge in [-0.15, -0.1) is 0 Å². The van der Waals surface area contributed by atoms with Crippen LogP contribution in [-0.4, -0.2) is 29.5 Å². The van der Waals surface area contributed by atoms with Crippen molar-refractivity contribution in [3.05, 3.63) is 99.1 Å². The highest BCUT2D eigenvalue weighted by Crippen LogP contribution is 2.45. The van der Waals surface area contributed by atoms with Crippen LogP contribution in [0.4, 0.5) is 26.3 Å². The Labute approximate surface area is 245 Å². The Morgan fingerprint density at radius 1 is 0.833 bits per heavy atom. The van der Waals surface area contributed by atoms with E-state index < -0.39 is 23.4 Å². The Bertz CT molecular complexity index is 1440. The first-order chi connectivity index (χ1) is 19.5. The van der Waals surface area contributed by atoms with Crippen molar-refractivity contribution in [2.24, 2.45) is 0 Å². The average molecular weight is 613 g/mol. The minimum absolute atomic E-state index is 0.0651. The van der Waals surface area contributed by atoms with E-state index in [4.69, 9.17) is 16.3 Å². The van der Waals surface area contributed by atoms with Gasteiger partial charge in [-0.05, 0) is 77.8 Å². The molecule has 0 aliphatic carbocycles. The lowest BCUT2D eigenvalue weighted by molar-refractivity contribution is -0.347. The predicted octanol–water partition coefficient (Wildman–Crippen LogP) is 9.27. The minimum Gasteiger partial charge on any atom is -0.463 e. The first-order valence-corrected chi connectivity index (χ1v) is 13.5. The number of hydrogen-bond donors (Lipinski definition) is 1. The van der Waals surface area contributed by atoms with Crippen molar-refractivity contribution in [3.8, 4) is 11.1 Å². The van der Waals surface area contributed by atoms with E-state index in [1.165, 1.54) is 6.07 Å². The fourth-order valence-electron chi connectivity index (χ4n) is 5.19. The maximum atomic E-state index is 13.1. The Morgan fingerprint density at radius 3 is 1.88 bits per heavy atom. The van der Waals surface area contributed by atoms with E-state index in [2.05, 4.69) is 6.07 Å². The summed E-state index contributed by atoms with van der Waals surface area (Å²) in [6.45, 7) is 8.02. The van der Waals surface area contributed by atoms with Gasteiger partial charge in [0.2, 0.25) is 0 Å². The lowest BCUT2D eigenvalue weighted by atomic mass is 9.69. The van der Waals surface area contributed by atoms with Crippen molar-refractivity contribution in [3.63, 3.8) is 0 Å². The molecule has 3 aromatic carbocycles. The molecule has 0 amide bonds. The number of alkyl halides is 6. The van der Waals surface area contributed by atoms with Gasteiger partial charge < -0.3 is 9.84 Å². The van der Waals surface area contributed by atoms with E-state index in [9.17, 15) is 36.2 Å². The van der Waals surface area contributed by atoms with Crippen molar-refractivity contribution in [2.75, 3.05) is 0 Å². The molecule has 10 heteroatoms. The third kappa shape index (κ3) is 6.37. The van der Waals surface area contributed by atoms with E-state index in [0.717, 1.165) is 27.8 Å². The zero-order chi connectivity index (χ0) is 31.5. The van der Waals surface area contributed by atoms with E-state index in [1.807, 2.05) is 39.0 Å². The topological polar surface area (TPSA) is 46.5 Å². The highest BCUT2D eigenvalue weighted by atomic mass is 35.5. The lowest BCUT2D eigenvalue weighted by Crippen LogP contribution is -2.55.